The second-order valence-electron chi connectivity index (χ2n) is 5.91. The van der Waals surface area contributed by atoms with E-state index in [1.807, 2.05) is 30.3 Å². The van der Waals surface area contributed by atoms with E-state index in [2.05, 4.69) is 20.7 Å². The summed E-state index contributed by atoms with van der Waals surface area (Å²) in [6.45, 7) is 0. The maximum Gasteiger partial charge on any atom is 0.151 e. The van der Waals surface area contributed by atoms with Gasteiger partial charge in [-0.05, 0) is 42.9 Å². The lowest BCUT2D eigenvalue weighted by Crippen LogP contribution is -1.99. The van der Waals surface area contributed by atoms with Gasteiger partial charge in [0.15, 0.2) is 5.82 Å². The molecule has 0 aliphatic heterocycles. The van der Waals surface area contributed by atoms with Crippen LogP contribution in [0.3, 0.4) is 0 Å². The number of rotatable bonds is 2. The van der Waals surface area contributed by atoms with Crippen LogP contribution in [-0.2, 0) is 0 Å². The molecule has 3 N–H and O–H groups in total. The Bertz CT molecular complexity index is 812. The van der Waals surface area contributed by atoms with Crippen molar-refractivity contribution in [3.8, 4) is 5.69 Å². The molecule has 3 aromatic rings. The number of nitrogens with two attached hydrogens (primary N) is 1. The molecule has 5 nitrogen and oxygen atoms in total. The summed E-state index contributed by atoms with van der Waals surface area (Å²) >= 11 is 0. The first kappa shape index (κ1) is 13.3. The van der Waals surface area contributed by atoms with Gasteiger partial charge in [0.1, 0.15) is 11.8 Å². The molecule has 5 heteroatoms. The zero-order chi connectivity index (χ0) is 15.1. The zero-order valence-corrected chi connectivity index (χ0v) is 12.2. The minimum absolute atomic E-state index is 0.209. The van der Waals surface area contributed by atoms with Crippen LogP contribution in [0.2, 0.25) is 0 Å². The van der Waals surface area contributed by atoms with Gasteiger partial charge in [-0.1, -0.05) is 18.2 Å². The molecule has 1 aromatic carbocycles. The number of fused-ring (bicyclic) bond motifs is 1. The Morgan fingerprint density at radius 3 is 2.68 bits per heavy atom. The molecule has 0 radical (unpaired) electrons. The minimum atomic E-state index is -0.209. The van der Waals surface area contributed by atoms with Crippen molar-refractivity contribution in [2.45, 2.75) is 31.3 Å². The van der Waals surface area contributed by atoms with Crippen molar-refractivity contribution in [1.29, 1.82) is 0 Å². The summed E-state index contributed by atoms with van der Waals surface area (Å²) in [5.74, 6) is 0.815. The van der Waals surface area contributed by atoms with Gasteiger partial charge in [0.25, 0.3) is 0 Å². The Hall–Kier alpha value is -2.40. The average molecular weight is 294 g/mol. The summed E-state index contributed by atoms with van der Waals surface area (Å²) in [5.41, 5.74) is 10.1. The zero-order valence-electron chi connectivity index (χ0n) is 12.2. The molecule has 1 fully saturated rings. The second-order valence-corrected chi connectivity index (χ2v) is 5.91. The third-order valence-corrected chi connectivity index (χ3v) is 4.51. The number of nitrogens with zero attached hydrogens (tertiary/aromatic N) is 3. The maximum atomic E-state index is 9.85. The SMILES string of the molecule is Nc1ncnc2c(C3CCC(O)C3)cn(-c3ccccc3)c12. The lowest BCUT2D eigenvalue weighted by atomic mass is 9.99. The second kappa shape index (κ2) is 5.10. The quantitative estimate of drug-likeness (QED) is 0.761. The van der Waals surface area contributed by atoms with Crippen molar-refractivity contribution in [3.05, 3.63) is 48.4 Å². The lowest BCUT2D eigenvalue weighted by molar-refractivity contribution is 0.181. The molecule has 1 aliphatic carbocycles. The van der Waals surface area contributed by atoms with Gasteiger partial charge in [0, 0.05) is 11.9 Å². The number of nitrogen functional groups attached to an aromatic ring is 1. The van der Waals surface area contributed by atoms with Gasteiger partial charge in [-0.25, -0.2) is 9.97 Å². The van der Waals surface area contributed by atoms with Crippen LogP contribution in [0.5, 0.6) is 0 Å². The van der Waals surface area contributed by atoms with Crippen molar-refractivity contribution in [3.63, 3.8) is 0 Å². The van der Waals surface area contributed by atoms with E-state index in [1.54, 1.807) is 0 Å². The minimum Gasteiger partial charge on any atom is -0.393 e. The van der Waals surface area contributed by atoms with Crippen LogP contribution < -0.4 is 5.73 Å². The molecule has 2 aromatic heterocycles. The fourth-order valence-corrected chi connectivity index (χ4v) is 3.44. The van der Waals surface area contributed by atoms with Crippen LogP contribution >= 0.6 is 0 Å². The van der Waals surface area contributed by atoms with Crippen LogP contribution in [-0.4, -0.2) is 25.7 Å². The van der Waals surface area contributed by atoms with Crippen LogP contribution in [0.25, 0.3) is 16.7 Å². The smallest absolute Gasteiger partial charge is 0.151 e. The number of aromatic nitrogens is 3. The Morgan fingerprint density at radius 2 is 1.95 bits per heavy atom. The van der Waals surface area contributed by atoms with Crippen molar-refractivity contribution >= 4 is 16.9 Å². The molecule has 0 saturated heterocycles. The first-order chi connectivity index (χ1) is 10.7. The van der Waals surface area contributed by atoms with Crippen LogP contribution in [0.1, 0.15) is 30.7 Å². The summed E-state index contributed by atoms with van der Waals surface area (Å²) in [7, 11) is 0. The molecular weight excluding hydrogens is 276 g/mol. The van der Waals surface area contributed by atoms with Gasteiger partial charge >= 0.3 is 0 Å². The van der Waals surface area contributed by atoms with Crippen molar-refractivity contribution in [2.75, 3.05) is 5.73 Å². The van der Waals surface area contributed by atoms with Gasteiger partial charge in [0.05, 0.1) is 11.6 Å². The summed E-state index contributed by atoms with van der Waals surface area (Å²) in [6, 6.07) is 10.1. The van der Waals surface area contributed by atoms with E-state index < -0.39 is 0 Å². The molecule has 1 aliphatic rings. The number of hydrogen-bond acceptors (Lipinski definition) is 4. The summed E-state index contributed by atoms with van der Waals surface area (Å²) in [4.78, 5) is 8.61. The summed E-state index contributed by atoms with van der Waals surface area (Å²) in [6.07, 6.45) is 6.04. The molecule has 1 saturated carbocycles. The van der Waals surface area contributed by atoms with Crippen LogP contribution in [0, 0.1) is 0 Å². The van der Waals surface area contributed by atoms with E-state index in [4.69, 9.17) is 5.73 Å². The molecule has 2 unspecified atom stereocenters. The number of benzene rings is 1. The Morgan fingerprint density at radius 1 is 1.14 bits per heavy atom. The fraction of sp³-hybridized carbons (Fsp3) is 0.294. The van der Waals surface area contributed by atoms with Gasteiger partial charge in [0.2, 0.25) is 0 Å². The average Bonchev–Trinajstić information content (AvgIpc) is 3.13. The molecule has 22 heavy (non-hydrogen) atoms. The number of para-hydroxylation sites is 1. The molecule has 2 heterocycles. The molecule has 0 amide bonds. The first-order valence-electron chi connectivity index (χ1n) is 7.59. The standard InChI is InChI=1S/C17H18N4O/c18-17-16-15(19-10-20-17)14(11-6-7-13(22)8-11)9-21(16)12-4-2-1-3-5-12/h1-5,9-11,13,22H,6-8H2,(H2,18,19,20). The molecule has 2 atom stereocenters. The highest BCUT2D eigenvalue weighted by Crippen LogP contribution is 2.39. The first-order valence-corrected chi connectivity index (χ1v) is 7.59. The van der Waals surface area contributed by atoms with E-state index in [0.717, 1.165) is 41.5 Å². The largest absolute Gasteiger partial charge is 0.393 e. The van der Waals surface area contributed by atoms with Gasteiger partial charge < -0.3 is 15.4 Å². The number of aliphatic hydroxyl groups is 1. The van der Waals surface area contributed by atoms with E-state index in [9.17, 15) is 5.11 Å². The third kappa shape index (κ3) is 2.05. The Kier molecular flexibility index (Phi) is 3.08. The van der Waals surface area contributed by atoms with E-state index >= 15 is 0 Å². The van der Waals surface area contributed by atoms with Gasteiger partial charge in [-0.3, -0.25) is 0 Å². The number of hydrogen-bond donors (Lipinski definition) is 2. The van der Waals surface area contributed by atoms with Gasteiger partial charge in [-0.15, -0.1) is 0 Å². The number of anilines is 1. The van der Waals surface area contributed by atoms with Crippen molar-refractivity contribution < 1.29 is 5.11 Å². The Balaban J connectivity index is 1.94. The maximum absolute atomic E-state index is 9.85. The predicted molar refractivity (Wildman–Crippen MR) is 85.9 cm³/mol. The normalized spacial score (nSPS) is 21.5. The number of aliphatic hydroxyl groups excluding tert-OH is 1. The third-order valence-electron chi connectivity index (χ3n) is 4.51. The highest BCUT2D eigenvalue weighted by atomic mass is 16.3. The van der Waals surface area contributed by atoms with E-state index in [-0.39, 0.29) is 6.10 Å². The predicted octanol–water partition coefficient (Wildman–Crippen LogP) is 2.63. The highest BCUT2D eigenvalue weighted by molar-refractivity contribution is 5.90. The van der Waals surface area contributed by atoms with Crippen LogP contribution in [0.4, 0.5) is 5.82 Å². The molecule has 0 bridgehead atoms. The van der Waals surface area contributed by atoms with Crippen molar-refractivity contribution in [2.24, 2.45) is 0 Å². The molecule has 0 spiro atoms. The summed E-state index contributed by atoms with van der Waals surface area (Å²) in [5, 5.41) is 9.85. The fourth-order valence-electron chi connectivity index (χ4n) is 3.44. The molecule has 4 rings (SSSR count). The van der Waals surface area contributed by atoms with Gasteiger partial charge in [-0.2, -0.15) is 0 Å². The lowest BCUT2D eigenvalue weighted by Gasteiger charge is -2.06. The monoisotopic (exact) mass is 294 g/mol. The Labute approximate surface area is 128 Å². The highest BCUT2D eigenvalue weighted by Gasteiger charge is 2.28. The van der Waals surface area contributed by atoms with Crippen molar-refractivity contribution in [1.82, 2.24) is 14.5 Å². The summed E-state index contributed by atoms with van der Waals surface area (Å²) < 4.78 is 2.06. The van der Waals surface area contributed by atoms with Crippen LogP contribution in [0.15, 0.2) is 42.9 Å². The van der Waals surface area contributed by atoms with E-state index in [1.165, 1.54) is 6.33 Å². The van der Waals surface area contributed by atoms with E-state index in [0.29, 0.717) is 11.7 Å². The molecular formula is C17H18N4O. The topological polar surface area (TPSA) is 77.0 Å². The molecule has 112 valence electrons.